The molecule has 0 saturated heterocycles. The zero-order chi connectivity index (χ0) is 26.4. The summed E-state index contributed by atoms with van der Waals surface area (Å²) in [6.45, 7) is 11.9. The molecule has 4 heteroatoms. The maximum atomic E-state index is 3.06. The SMILES string of the molecule is CC(C)c1cc2c(-c3ccccc3)cccc2[cH-]1.Cc1cc2c(-c3ccccc3)ccc(C)c2[cH-]1.Cl.Cl.[CH3-].[CH3-].[Si]=[Zr]. The van der Waals surface area contributed by atoms with Gasteiger partial charge in [-0.1, -0.05) is 112 Å². The van der Waals surface area contributed by atoms with Crippen molar-refractivity contribution in [3.63, 3.8) is 0 Å². The van der Waals surface area contributed by atoms with Gasteiger partial charge in [-0.25, -0.2) is 0 Å². The fraction of sp³-hybridized carbons (Fsp3) is 0.135. The molecule has 0 aliphatic rings. The number of aryl methyl sites for hydroxylation is 2. The first-order valence-electron chi connectivity index (χ1n) is 12.7. The van der Waals surface area contributed by atoms with Gasteiger partial charge in [0.1, 0.15) is 0 Å². The molecule has 6 rings (SSSR count). The van der Waals surface area contributed by atoms with Gasteiger partial charge < -0.3 is 14.9 Å². The van der Waals surface area contributed by atoms with Gasteiger partial charge in [0.2, 0.25) is 0 Å². The summed E-state index contributed by atoms with van der Waals surface area (Å²) in [5.74, 6) is 0.584. The van der Waals surface area contributed by atoms with Gasteiger partial charge in [-0.05, 0) is 17.0 Å². The third kappa shape index (κ3) is 9.13. The third-order valence-electron chi connectivity index (χ3n) is 6.86. The number of hydrogen-bond acceptors (Lipinski definition) is 0. The maximum absolute atomic E-state index is 3.06. The fourth-order valence-electron chi connectivity index (χ4n) is 4.92. The van der Waals surface area contributed by atoms with Gasteiger partial charge in [-0.3, -0.25) is 0 Å². The minimum absolute atomic E-state index is 0. The molecule has 214 valence electrons. The third-order valence-corrected chi connectivity index (χ3v) is 6.86. The molecule has 0 aliphatic heterocycles. The Morgan fingerprint density at radius 3 is 1.68 bits per heavy atom. The Kier molecular flexibility index (Phi) is 17.4. The van der Waals surface area contributed by atoms with Crippen LogP contribution in [0.3, 0.4) is 0 Å². The van der Waals surface area contributed by atoms with E-state index >= 15 is 0 Å². The van der Waals surface area contributed by atoms with Crippen LogP contribution in [-0.2, 0) is 23.3 Å². The van der Waals surface area contributed by atoms with Gasteiger partial charge in [-0.15, -0.1) is 93.4 Å². The molecule has 0 atom stereocenters. The van der Waals surface area contributed by atoms with Crippen LogP contribution in [0.2, 0.25) is 0 Å². The van der Waals surface area contributed by atoms with Crippen LogP contribution in [0, 0.1) is 28.7 Å². The molecule has 0 fully saturated rings. The van der Waals surface area contributed by atoms with E-state index in [-0.39, 0.29) is 39.7 Å². The quantitative estimate of drug-likeness (QED) is 0.129. The van der Waals surface area contributed by atoms with Crippen LogP contribution in [0.4, 0.5) is 0 Å². The zero-order valence-electron chi connectivity index (χ0n) is 24.9. The topological polar surface area (TPSA) is 0 Å². The van der Waals surface area contributed by atoms with Crippen molar-refractivity contribution in [2.45, 2.75) is 33.6 Å². The van der Waals surface area contributed by atoms with Crippen LogP contribution in [0.15, 0.2) is 115 Å². The summed E-state index contributed by atoms with van der Waals surface area (Å²) in [5.41, 5.74) is 9.37. The van der Waals surface area contributed by atoms with Crippen molar-refractivity contribution in [3.8, 4) is 22.3 Å². The van der Waals surface area contributed by atoms with Gasteiger partial charge in [0.15, 0.2) is 0 Å². The van der Waals surface area contributed by atoms with E-state index < -0.39 is 0 Å². The zero-order valence-corrected chi connectivity index (χ0v) is 30.0. The number of hydrogen-bond donors (Lipinski definition) is 0. The first kappa shape index (κ1) is 38.8. The Hall–Kier alpha value is -2.22. The average molecular weight is 675 g/mol. The molecule has 0 amide bonds. The van der Waals surface area contributed by atoms with Gasteiger partial charge in [0, 0.05) is 0 Å². The van der Waals surface area contributed by atoms with Crippen molar-refractivity contribution in [1.29, 1.82) is 0 Å². The standard InChI is InChI=1S/C18H17.C17H15.2CH3.2ClH.Si.Zr/c1-13(2)16-11-15-9-6-10-17(18(15)12-16)14-7-4-3-5-8-14;1-12-10-16-13(2)8-9-15(17(16)11-12)14-6-4-3-5-7-14;;;;;;/h3-13H,1-2H3;3-11H,1-2H3;2*1H3;2*1H;;/q4*-1;;;;. The normalized spacial score (nSPS) is 9.56. The second kappa shape index (κ2) is 18.3. The van der Waals surface area contributed by atoms with Crippen LogP contribution < -0.4 is 0 Å². The number of halogens is 2. The van der Waals surface area contributed by atoms with Crippen LogP contribution in [0.1, 0.15) is 36.5 Å². The molecule has 0 bridgehead atoms. The average Bonchev–Trinajstić information content (AvgIpc) is 3.56. The van der Waals surface area contributed by atoms with Gasteiger partial charge in [0.05, 0.1) is 0 Å². The van der Waals surface area contributed by atoms with Crippen molar-refractivity contribution in [2.75, 3.05) is 0 Å². The second-order valence-electron chi connectivity index (χ2n) is 9.77. The molecule has 6 aromatic rings. The molecular formula is C37H40Cl2SiZr-4. The van der Waals surface area contributed by atoms with Crippen molar-refractivity contribution in [3.05, 3.63) is 147 Å². The van der Waals surface area contributed by atoms with E-state index in [9.17, 15) is 0 Å². The van der Waals surface area contributed by atoms with Crippen molar-refractivity contribution < 1.29 is 23.3 Å². The Morgan fingerprint density at radius 1 is 0.610 bits per heavy atom. The second-order valence-corrected chi connectivity index (χ2v) is 9.77. The number of fused-ring (bicyclic) bond motifs is 2. The minimum atomic E-state index is 0. The first-order valence-corrected chi connectivity index (χ1v) is 16.9. The van der Waals surface area contributed by atoms with Crippen LogP contribution in [0.25, 0.3) is 43.8 Å². The molecular weight excluding hydrogens is 635 g/mol. The summed E-state index contributed by atoms with van der Waals surface area (Å²) in [7, 11) is 0. The van der Waals surface area contributed by atoms with E-state index in [1.807, 2.05) is 0 Å². The van der Waals surface area contributed by atoms with Crippen LogP contribution in [-0.4, -0.2) is 6.88 Å². The summed E-state index contributed by atoms with van der Waals surface area (Å²) < 4.78 is 0. The summed E-state index contributed by atoms with van der Waals surface area (Å²) in [4.78, 5) is 0. The molecule has 0 nitrogen and oxygen atoms in total. The molecule has 6 aromatic carbocycles. The predicted molar refractivity (Wildman–Crippen MR) is 187 cm³/mol. The Bertz CT molecular complexity index is 1600. The van der Waals surface area contributed by atoms with Gasteiger partial charge >= 0.3 is 30.2 Å². The molecule has 0 aliphatic carbocycles. The van der Waals surface area contributed by atoms with Crippen LogP contribution >= 0.6 is 24.8 Å². The first-order chi connectivity index (χ1) is 18.0. The molecule has 0 heterocycles. The van der Waals surface area contributed by atoms with Crippen molar-refractivity contribution >= 4 is 53.2 Å². The van der Waals surface area contributed by atoms with Gasteiger partial charge in [0.25, 0.3) is 0 Å². The fourth-order valence-corrected chi connectivity index (χ4v) is 4.92. The monoisotopic (exact) mass is 672 g/mol. The summed E-state index contributed by atoms with van der Waals surface area (Å²) >= 11 is 1.36. The van der Waals surface area contributed by atoms with E-state index in [4.69, 9.17) is 0 Å². The molecule has 0 N–H and O–H groups in total. The van der Waals surface area contributed by atoms with E-state index in [2.05, 4.69) is 150 Å². The summed E-state index contributed by atoms with van der Waals surface area (Å²) in [6.07, 6.45) is 0. The predicted octanol–water partition coefficient (Wildman–Crippen LogP) is 11.6. The number of benzene rings is 4. The molecule has 0 saturated carbocycles. The summed E-state index contributed by atoms with van der Waals surface area (Å²) in [5, 5.41) is 5.46. The Balaban J connectivity index is 0.000000675. The molecule has 0 aromatic heterocycles. The molecule has 0 unspecified atom stereocenters. The molecule has 0 spiro atoms. The Morgan fingerprint density at radius 2 is 1.15 bits per heavy atom. The molecule has 2 radical (unpaired) electrons. The summed E-state index contributed by atoms with van der Waals surface area (Å²) in [6, 6.07) is 41.4. The van der Waals surface area contributed by atoms with E-state index in [0.29, 0.717) is 5.92 Å². The Labute approximate surface area is 277 Å². The number of rotatable bonds is 3. The van der Waals surface area contributed by atoms with Gasteiger partial charge in [-0.2, -0.15) is 12.1 Å². The van der Waals surface area contributed by atoms with E-state index in [1.165, 1.54) is 83.8 Å². The van der Waals surface area contributed by atoms with Crippen LogP contribution in [0.5, 0.6) is 0 Å². The van der Waals surface area contributed by atoms with Crippen molar-refractivity contribution in [1.82, 2.24) is 0 Å². The van der Waals surface area contributed by atoms with Crippen molar-refractivity contribution in [2.24, 2.45) is 0 Å². The van der Waals surface area contributed by atoms with E-state index in [1.54, 1.807) is 0 Å². The molecule has 41 heavy (non-hydrogen) atoms. The van der Waals surface area contributed by atoms with E-state index in [0.717, 1.165) is 0 Å².